The summed E-state index contributed by atoms with van der Waals surface area (Å²) < 4.78 is 0. The van der Waals surface area contributed by atoms with Gasteiger partial charge in [-0.3, -0.25) is 4.79 Å². The summed E-state index contributed by atoms with van der Waals surface area (Å²) in [5.74, 6) is -1.09. The highest BCUT2D eigenvalue weighted by molar-refractivity contribution is 5.88. The van der Waals surface area contributed by atoms with E-state index in [4.69, 9.17) is 10.8 Å². The molecule has 0 saturated heterocycles. The van der Waals surface area contributed by atoms with Crippen LogP contribution in [-0.4, -0.2) is 27.9 Å². The third kappa shape index (κ3) is 2.66. The second-order valence-corrected chi connectivity index (χ2v) is 4.61. The van der Waals surface area contributed by atoms with Crippen LogP contribution in [0.25, 0.3) is 0 Å². The van der Waals surface area contributed by atoms with Gasteiger partial charge in [-0.15, -0.1) is 6.58 Å². The number of carbonyl (C=O) groups excluding carboxylic acids is 1. The highest BCUT2D eigenvalue weighted by Crippen LogP contribution is 2.24. The maximum atomic E-state index is 12.1. The molecule has 0 aromatic heterocycles. The lowest BCUT2D eigenvalue weighted by atomic mass is 10.1. The average Bonchev–Trinajstić information content (AvgIpc) is 2.80. The van der Waals surface area contributed by atoms with Gasteiger partial charge in [0, 0.05) is 13.1 Å². The third-order valence-corrected chi connectivity index (χ3v) is 3.23. The minimum atomic E-state index is -0.962. The van der Waals surface area contributed by atoms with E-state index in [1.807, 2.05) is 0 Å². The van der Waals surface area contributed by atoms with Crippen LogP contribution < -0.4 is 5.73 Å². The maximum absolute atomic E-state index is 12.1. The van der Waals surface area contributed by atoms with Gasteiger partial charge in [-0.05, 0) is 29.7 Å². The number of rotatable bonds is 4. The van der Waals surface area contributed by atoms with E-state index in [0.29, 0.717) is 19.5 Å². The smallest absolute Gasteiger partial charge is 0.335 e. The van der Waals surface area contributed by atoms with Crippen LogP contribution in [0.3, 0.4) is 0 Å². The number of carboxylic acid groups (broad SMARTS) is 1. The van der Waals surface area contributed by atoms with Gasteiger partial charge in [-0.1, -0.05) is 12.1 Å². The van der Waals surface area contributed by atoms with Crippen LogP contribution in [0.5, 0.6) is 0 Å². The SMILES string of the molecule is C=CCC(N)C(=O)N1Cc2ccc(C(=O)O)cc2C1. The number of hydrogen-bond donors (Lipinski definition) is 2. The van der Waals surface area contributed by atoms with E-state index in [-0.39, 0.29) is 11.5 Å². The molecule has 2 rings (SSSR count). The Balaban J connectivity index is 2.14. The number of carbonyl (C=O) groups is 2. The third-order valence-electron chi connectivity index (χ3n) is 3.23. The van der Waals surface area contributed by atoms with Crippen molar-refractivity contribution in [2.45, 2.75) is 25.6 Å². The molecule has 100 valence electrons. The van der Waals surface area contributed by atoms with Crippen molar-refractivity contribution in [2.75, 3.05) is 0 Å². The van der Waals surface area contributed by atoms with Crippen LogP contribution in [0.15, 0.2) is 30.9 Å². The van der Waals surface area contributed by atoms with E-state index in [1.165, 1.54) is 0 Å². The molecule has 0 fully saturated rings. The quantitative estimate of drug-likeness (QED) is 0.795. The molecule has 0 radical (unpaired) electrons. The van der Waals surface area contributed by atoms with Crippen molar-refractivity contribution in [1.29, 1.82) is 0 Å². The lowest BCUT2D eigenvalue weighted by molar-refractivity contribution is -0.133. The zero-order chi connectivity index (χ0) is 14.0. The summed E-state index contributed by atoms with van der Waals surface area (Å²) in [4.78, 5) is 24.6. The number of benzene rings is 1. The summed E-state index contributed by atoms with van der Waals surface area (Å²) in [5, 5.41) is 8.94. The molecule has 1 aromatic carbocycles. The van der Waals surface area contributed by atoms with Gasteiger partial charge >= 0.3 is 5.97 Å². The van der Waals surface area contributed by atoms with Crippen molar-refractivity contribution in [3.8, 4) is 0 Å². The summed E-state index contributed by atoms with van der Waals surface area (Å²) in [6.07, 6.45) is 2.06. The number of amides is 1. The van der Waals surface area contributed by atoms with Crippen LogP contribution >= 0.6 is 0 Å². The molecule has 19 heavy (non-hydrogen) atoms. The number of fused-ring (bicyclic) bond motifs is 1. The second kappa shape index (κ2) is 5.24. The Labute approximate surface area is 111 Å². The van der Waals surface area contributed by atoms with Crippen LogP contribution in [0.1, 0.15) is 27.9 Å². The Kier molecular flexibility index (Phi) is 3.66. The maximum Gasteiger partial charge on any atom is 0.335 e. The van der Waals surface area contributed by atoms with E-state index in [9.17, 15) is 9.59 Å². The van der Waals surface area contributed by atoms with Gasteiger partial charge in [0.15, 0.2) is 0 Å². The number of aromatic carboxylic acids is 1. The van der Waals surface area contributed by atoms with Crippen LogP contribution in [0.4, 0.5) is 0 Å². The van der Waals surface area contributed by atoms with Gasteiger partial charge in [0.05, 0.1) is 11.6 Å². The van der Waals surface area contributed by atoms with Gasteiger partial charge in [-0.2, -0.15) is 0 Å². The topological polar surface area (TPSA) is 83.6 Å². The lowest BCUT2D eigenvalue weighted by Gasteiger charge is -2.19. The lowest BCUT2D eigenvalue weighted by Crippen LogP contribution is -2.40. The van der Waals surface area contributed by atoms with Gasteiger partial charge in [-0.25, -0.2) is 4.79 Å². The molecule has 1 aliphatic rings. The first-order valence-electron chi connectivity index (χ1n) is 6.03. The molecule has 5 heteroatoms. The summed E-state index contributed by atoms with van der Waals surface area (Å²) in [5.41, 5.74) is 7.85. The van der Waals surface area contributed by atoms with Gasteiger partial charge in [0.25, 0.3) is 0 Å². The van der Waals surface area contributed by atoms with Crippen molar-refractivity contribution in [1.82, 2.24) is 4.90 Å². The molecule has 3 N–H and O–H groups in total. The average molecular weight is 260 g/mol. The zero-order valence-electron chi connectivity index (χ0n) is 10.5. The molecule has 0 saturated carbocycles. The number of carboxylic acids is 1. The fourth-order valence-electron chi connectivity index (χ4n) is 2.20. The van der Waals surface area contributed by atoms with E-state index in [2.05, 4.69) is 6.58 Å². The van der Waals surface area contributed by atoms with E-state index in [1.54, 1.807) is 29.2 Å². The minimum Gasteiger partial charge on any atom is -0.478 e. The van der Waals surface area contributed by atoms with E-state index < -0.39 is 12.0 Å². The highest BCUT2D eigenvalue weighted by atomic mass is 16.4. The normalized spacial score (nSPS) is 14.9. The van der Waals surface area contributed by atoms with Gasteiger partial charge in [0.2, 0.25) is 5.91 Å². The first kappa shape index (κ1) is 13.3. The van der Waals surface area contributed by atoms with Crippen molar-refractivity contribution in [3.63, 3.8) is 0 Å². The molecule has 0 spiro atoms. The predicted molar refractivity (Wildman–Crippen MR) is 70.4 cm³/mol. The highest BCUT2D eigenvalue weighted by Gasteiger charge is 2.27. The summed E-state index contributed by atoms with van der Waals surface area (Å²) >= 11 is 0. The minimum absolute atomic E-state index is 0.132. The van der Waals surface area contributed by atoms with E-state index >= 15 is 0 Å². The molecular formula is C14H16N2O3. The van der Waals surface area contributed by atoms with Gasteiger partial charge in [0.1, 0.15) is 0 Å². The number of nitrogens with two attached hydrogens (primary N) is 1. The molecule has 1 unspecified atom stereocenters. The first-order chi connectivity index (χ1) is 9.02. The Bertz CT molecular complexity index is 539. The fraction of sp³-hybridized carbons (Fsp3) is 0.286. The first-order valence-corrected chi connectivity index (χ1v) is 6.03. The Hall–Kier alpha value is -2.14. The molecule has 1 amide bonds. The van der Waals surface area contributed by atoms with Crippen LogP contribution in [0, 0.1) is 0 Å². The monoisotopic (exact) mass is 260 g/mol. The predicted octanol–water partition coefficient (Wildman–Crippen LogP) is 1.13. The largest absolute Gasteiger partial charge is 0.478 e. The molecule has 1 heterocycles. The fourth-order valence-corrected chi connectivity index (χ4v) is 2.20. The molecule has 0 aliphatic carbocycles. The summed E-state index contributed by atoms with van der Waals surface area (Å²) in [7, 11) is 0. The van der Waals surface area contributed by atoms with Crippen molar-refractivity contribution in [2.24, 2.45) is 5.73 Å². The molecular weight excluding hydrogens is 244 g/mol. The Morgan fingerprint density at radius 3 is 2.74 bits per heavy atom. The van der Waals surface area contributed by atoms with Crippen molar-refractivity contribution in [3.05, 3.63) is 47.5 Å². The molecule has 1 atom stereocenters. The molecule has 1 aliphatic heterocycles. The van der Waals surface area contributed by atoms with Crippen molar-refractivity contribution >= 4 is 11.9 Å². The molecule has 1 aromatic rings. The van der Waals surface area contributed by atoms with E-state index in [0.717, 1.165) is 11.1 Å². The Morgan fingerprint density at radius 1 is 1.42 bits per heavy atom. The standard InChI is InChI=1S/C14H16N2O3/c1-2-3-12(15)13(17)16-7-10-5-4-9(14(18)19)6-11(10)8-16/h2,4-6,12H,1,3,7-8,15H2,(H,18,19). The number of hydrogen-bond acceptors (Lipinski definition) is 3. The molecule has 0 bridgehead atoms. The molecule has 5 nitrogen and oxygen atoms in total. The van der Waals surface area contributed by atoms with Gasteiger partial charge < -0.3 is 15.7 Å². The Morgan fingerprint density at radius 2 is 2.11 bits per heavy atom. The summed E-state index contributed by atoms with van der Waals surface area (Å²) in [6.45, 7) is 4.47. The summed E-state index contributed by atoms with van der Waals surface area (Å²) in [6, 6.07) is 4.35. The van der Waals surface area contributed by atoms with Crippen molar-refractivity contribution < 1.29 is 14.7 Å². The van der Waals surface area contributed by atoms with Crippen LogP contribution in [0.2, 0.25) is 0 Å². The second-order valence-electron chi connectivity index (χ2n) is 4.61. The van der Waals surface area contributed by atoms with Crippen LogP contribution in [-0.2, 0) is 17.9 Å². The zero-order valence-corrected chi connectivity index (χ0v) is 10.5. The number of nitrogens with zero attached hydrogens (tertiary/aromatic N) is 1.